The molecule has 108 valence electrons. The maximum Gasteiger partial charge on any atom is 0.263 e. The van der Waals surface area contributed by atoms with Gasteiger partial charge in [-0.2, -0.15) is 5.10 Å². The number of aromatic amines is 1. The van der Waals surface area contributed by atoms with Gasteiger partial charge in [0.05, 0.1) is 4.90 Å². The summed E-state index contributed by atoms with van der Waals surface area (Å²) in [6.45, 7) is 5.32. The molecule has 0 saturated heterocycles. The van der Waals surface area contributed by atoms with Crippen LogP contribution in [0.1, 0.15) is 16.8 Å². The number of hydrogen-bond donors (Lipinski definition) is 3. The van der Waals surface area contributed by atoms with Crippen molar-refractivity contribution in [1.82, 2.24) is 10.2 Å². The molecule has 0 unspecified atom stereocenters. The first-order valence-electron chi connectivity index (χ1n) is 5.82. The maximum absolute atomic E-state index is 12.4. The van der Waals surface area contributed by atoms with Crippen molar-refractivity contribution in [2.75, 3.05) is 10.5 Å². The van der Waals surface area contributed by atoms with Crippen molar-refractivity contribution in [2.45, 2.75) is 25.7 Å². The van der Waals surface area contributed by atoms with Gasteiger partial charge in [0, 0.05) is 21.4 Å². The largest absolute Gasteiger partial charge is 0.398 e. The topological polar surface area (TPSA) is 101 Å². The zero-order valence-electron chi connectivity index (χ0n) is 11.3. The molecular weight excluding hydrogens is 344 g/mol. The Morgan fingerprint density at radius 2 is 1.95 bits per heavy atom. The van der Waals surface area contributed by atoms with Crippen LogP contribution in [-0.2, 0) is 10.0 Å². The summed E-state index contributed by atoms with van der Waals surface area (Å²) in [4.78, 5) is 0.137. The average molecular weight is 359 g/mol. The molecule has 1 aromatic carbocycles. The lowest BCUT2D eigenvalue weighted by Crippen LogP contribution is -2.15. The van der Waals surface area contributed by atoms with Crippen LogP contribution in [0.25, 0.3) is 0 Å². The standard InChI is InChI=1S/C12H15BrN4O2S/c1-6-4-9(13)10(14)5-11(6)20(18,19)17-12-7(2)8(3)15-16-12/h4-5H,14H2,1-3H3,(H2,15,16,17). The lowest BCUT2D eigenvalue weighted by atomic mass is 10.2. The van der Waals surface area contributed by atoms with Gasteiger partial charge in [-0.25, -0.2) is 8.42 Å². The van der Waals surface area contributed by atoms with Crippen molar-refractivity contribution in [2.24, 2.45) is 0 Å². The quantitative estimate of drug-likeness (QED) is 0.733. The van der Waals surface area contributed by atoms with Gasteiger partial charge in [0.25, 0.3) is 10.0 Å². The van der Waals surface area contributed by atoms with Gasteiger partial charge in [-0.15, -0.1) is 0 Å². The Hall–Kier alpha value is -1.54. The van der Waals surface area contributed by atoms with E-state index in [1.54, 1.807) is 19.9 Å². The summed E-state index contributed by atoms with van der Waals surface area (Å²) in [7, 11) is -3.73. The monoisotopic (exact) mass is 358 g/mol. The lowest BCUT2D eigenvalue weighted by molar-refractivity contribution is 0.600. The predicted molar refractivity (Wildman–Crippen MR) is 82.2 cm³/mol. The summed E-state index contributed by atoms with van der Waals surface area (Å²) >= 11 is 3.27. The molecule has 1 heterocycles. The Morgan fingerprint density at radius 3 is 2.50 bits per heavy atom. The lowest BCUT2D eigenvalue weighted by Gasteiger charge is -2.11. The molecule has 0 bridgehead atoms. The number of nitrogens with zero attached hydrogens (tertiary/aromatic N) is 1. The molecule has 4 N–H and O–H groups in total. The van der Waals surface area contributed by atoms with Crippen LogP contribution in [-0.4, -0.2) is 18.6 Å². The number of aryl methyl sites for hydroxylation is 2. The number of nitrogen functional groups attached to an aromatic ring is 1. The molecule has 1 aromatic heterocycles. The Balaban J connectivity index is 2.46. The van der Waals surface area contributed by atoms with Crippen LogP contribution >= 0.6 is 15.9 Å². The molecule has 2 aromatic rings. The third kappa shape index (κ3) is 2.66. The van der Waals surface area contributed by atoms with Gasteiger partial charge in [0.1, 0.15) is 0 Å². The normalized spacial score (nSPS) is 11.6. The van der Waals surface area contributed by atoms with Crippen molar-refractivity contribution in [3.8, 4) is 0 Å². The fourth-order valence-corrected chi connectivity index (χ4v) is 3.51. The predicted octanol–water partition coefficient (Wildman–Crippen LogP) is 2.48. The van der Waals surface area contributed by atoms with Crippen LogP contribution in [0.2, 0.25) is 0 Å². The van der Waals surface area contributed by atoms with Crippen molar-refractivity contribution in [3.05, 3.63) is 33.4 Å². The Morgan fingerprint density at radius 1 is 1.30 bits per heavy atom. The van der Waals surface area contributed by atoms with E-state index in [-0.39, 0.29) is 4.90 Å². The number of rotatable bonds is 3. The van der Waals surface area contributed by atoms with Gasteiger partial charge in [0.2, 0.25) is 0 Å². The zero-order chi connectivity index (χ0) is 15.1. The number of nitrogens with two attached hydrogens (primary N) is 1. The first kappa shape index (κ1) is 14.9. The van der Waals surface area contributed by atoms with Gasteiger partial charge in [-0.05, 0) is 54.4 Å². The number of anilines is 2. The number of aromatic nitrogens is 2. The summed E-state index contributed by atoms with van der Waals surface area (Å²) < 4.78 is 28.0. The summed E-state index contributed by atoms with van der Waals surface area (Å²) in [5.74, 6) is 0.295. The van der Waals surface area contributed by atoms with Gasteiger partial charge in [0.15, 0.2) is 5.82 Å². The van der Waals surface area contributed by atoms with E-state index in [4.69, 9.17) is 5.73 Å². The fourth-order valence-electron chi connectivity index (χ4n) is 1.72. The first-order valence-corrected chi connectivity index (χ1v) is 8.10. The van der Waals surface area contributed by atoms with Gasteiger partial charge in [-0.3, -0.25) is 9.82 Å². The molecule has 0 amide bonds. The van der Waals surface area contributed by atoms with Crippen molar-refractivity contribution >= 4 is 37.5 Å². The van der Waals surface area contributed by atoms with Crippen molar-refractivity contribution in [3.63, 3.8) is 0 Å². The molecule has 2 rings (SSSR count). The average Bonchev–Trinajstić information content (AvgIpc) is 2.65. The van der Waals surface area contributed by atoms with Crippen molar-refractivity contribution < 1.29 is 8.42 Å². The fraction of sp³-hybridized carbons (Fsp3) is 0.250. The Kier molecular flexibility index (Phi) is 3.79. The number of nitrogens with one attached hydrogen (secondary N) is 2. The molecule has 8 heteroatoms. The molecule has 6 nitrogen and oxygen atoms in total. The second kappa shape index (κ2) is 5.10. The SMILES string of the molecule is Cc1cc(Br)c(N)cc1S(=O)(=O)Nc1n[nH]c(C)c1C. The number of hydrogen-bond acceptors (Lipinski definition) is 4. The minimum atomic E-state index is -3.73. The number of benzene rings is 1. The molecule has 0 aliphatic heterocycles. The molecule has 0 saturated carbocycles. The van der Waals surface area contributed by atoms with Crippen LogP contribution in [0.5, 0.6) is 0 Å². The number of halogens is 1. The minimum absolute atomic E-state index is 0.137. The molecule has 0 aliphatic rings. The van der Waals surface area contributed by atoms with E-state index in [1.165, 1.54) is 6.07 Å². The second-order valence-corrected chi connectivity index (χ2v) is 7.07. The van der Waals surface area contributed by atoms with E-state index in [0.29, 0.717) is 21.5 Å². The molecule has 20 heavy (non-hydrogen) atoms. The Bertz CT molecular complexity index is 768. The second-order valence-electron chi connectivity index (χ2n) is 4.57. The highest BCUT2D eigenvalue weighted by Crippen LogP contribution is 2.28. The van der Waals surface area contributed by atoms with E-state index in [1.807, 2.05) is 6.92 Å². The number of H-pyrrole nitrogens is 1. The van der Waals surface area contributed by atoms with E-state index in [2.05, 4.69) is 30.8 Å². The third-order valence-electron chi connectivity index (χ3n) is 3.07. The van der Waals surface area contributed by atoms with Gasteiger partial charge in [-0.1, -0.05) is 0 Å². The summed E-state index contributed by atoms with van der Waals surface area (Å²) in [6, 6.07) is 3.10. The van der Waals surface area contributed by atoms with E-state index < -0.39 is 10.0 Å². The number of sulfonamides is 1. The van der Waals surface area contributed by atoms with Gasteiger partial charge < -0.3 is 5.73 Å². The zero-order valence-corrected chi connectivity index (χ0v) is 13.7. The molecule has 0 atom stereocenters. The smallest absolute Gasteiger partial charge is 0.263 e. The van der Waals surface area contributed by atoms with E-state index >= 15 is 0 Å². The first-order chi connectivity index (χ1) is 9.22. The van der Waals surface area contributed by atoms with Crippen LogP contribution < -0.4 is 10.5 Å². The Labute approximate surface area is 125 Å². The molecular formula is C12H15BrN4O2S. The highest BCUT2D eigenvalue weighted by Gasteiger charge is 2.20. The molecule has 0 spiro atoms. The van der Waals surface area contributed by atoms with Crippen molar-refractivity contribution in [1.29, 1.82) is 0 Å². The summed E-state index contributed by atoms with van der Waals surface area (Å²) in [5.41, 5.74) is 8.29. The van der Waals surface area contributed by atoms with Crippen LogP contribution in [0.15, 0.2) is 21.5 Å². The third-order valence-corrected chi connectivity index (χ3v) is 5.24. The van der Waals surface area contributed by atoms with Gasteiger partial charge >= 0.3 is 0 Å². The molecule has 0 aliphatic carbocycles. The van der Waals surface area contributed by atoms with E-state index in [9.17, 15) is 8.42 Å². The molecule has 0 fully saturated rings. The van der Waals surface area contributed by atoms with E-state index in [0.717, 1.165) is 11.3 Å². The minimum Gasteiger partial charge on any atom is -0.398 e. The maximum atomic E-state index is 12.4. The van der Waals surface area contributed by atoms with Crippen LogP contribution in [0.3, 0.4) is 0 Å². The molecule has 0 radical (unpaired) electrons. The van der Waals surface area contributed by atoms with Crippen LogP contribution in [0.4, 0.5) is 11.5 Å². The summed E-state index contributed by atoms with van der Waals surface area (Å²) in [6.07, 6.45) is 0. The summed E-state index contributed by atoms with van der Waals surface area (Å²) in [5, 5.41) is 6.68. The highest BCUT2D eigenvalue weighted by atomic mass is 79.9. The highest BCUT2D eigenvalue weighted by molar-refractivity contribution is 9.10. The van der Waals surface area contributed by atoms with Crippen LogP contribution in [0, 0.1) is 20.8 Å².